The molecule has 2 unspecified atom stereocenters. The quantitative estimate of drug-likeness (QED) is 0.715. The summed E-state index contributed by atoms with van der Waals surface area (Å²) in [6.45, 7) is 3.34. The summed E-state index contributed by atoms with van der Waals surface area (Å²) in [4.78, 5) is 27.7. The summed E-state index contributed by atoms with van der Waals surface area (Å²) in [6, 6.07) is 12.9. The summed E-state index contributed by atoms with van der Waals surface area (Å²) in [6.07, 6.45) is 3.27. The van der Waals surface area contributed by atoms with E-state index in [2.05, 4.69) is 5.32 Å². The Morgan fingerprint density at radius 2 is 1.84 bits per heavy atom. The maximum absolute atomic E-state index is 13.8. The Bertz CT molecular complexity index is 972. The minimum Gasteiger partial charge on any atom is -0.497 e. The fourth-order valence-corrected chi connectivity index (χ4v) is 4.49. The van der Waals surface area contributed by atoms with Crippen LogP contribution in [0.1, 0.15) is 41.9 Å². The Morgan fingerprint density at radius 1 is 1.09 bits per heavy atom. The second-order valence-electron chi connectivity index (χ2n) is 9.04. The van der Waals surface area contributed by atoms with Crippen LogP contribution < -0.4 is 10.1 Å². The number of carbonyl (C=O) groups excluding carboxylic acids is 2. The minimum atomic E-state index is -0.266. The van der Waals surface area contributed by atoms with Crippen molar-refractivity contribution in [2.24, 2.45) is 11.8 Å². The first kappa shape index (κ1) is 22.3. The fraction of sp³-hybridized carbons (Fsp3) is 0.462. The average Bonchev–Trinajstić information content (AvgIpc) is 3.66. The van der Waals surface area contributed by atoms with Gasteiger partial charge in [-0.3, -0.25) is 9.59 Å². The zero-order chi connectivity index (χ0) is 22.7. The zero-order valence-electron chi connectivity index (χ0n) is 18.8. The Morgan fingerprint density at radius 3 is 2.50 bits per heavy atom. The molecule has 0 aromatic heterocycles. The van der Waals surface area contributed by atoms with Gasteiger partial charge in [-0.15, -0.1) is 0 Å². The van der Waals surface area contributed by atoms with Crippen LogP contribution in [0.2, 0.25) is 0 Å². The summed E-state index contributed by atoms with van der Waals surface area (Å²) >= 11 is 0. The maximum atomic E-state index is 13.8. The number of halogens is 1. The maximum Gasteiger partial charge on any atom is 0.225 e. The smallest absolute Gasteiger partial charge is 0.225 e. The molecule has 1 N–H and O–H groups in total. The van der Waals surface area contributed by atoms with Crippen molar-refractivity contribution in [3.63, 3.8) is 0 Å². The fourth-order valence-electron chi connectivity index (χ4n) is 4.49. The zero-order valence-corrected chi connectivity index (χ0v) is 18.8. The lowest BCUT2D eigenvalue weighted by molar-refractivity contribution is -0.137. The number of nitrogens with zero attached hydrogens (tertiary/aromatic N) is 1. The Labute approximate surface area is 188 Å². The van der Waals surface area contributed by atoms with Gasteiger partial charge in [0.2, 0.25) is 11.8 Å². The molecule has 2 fully saturated rings. The first-order valence-corrected chi connectivity index (χ1v) is 11.4. The summed E-state index contributed by atoms with van der Waals surface area (Å²) in [5.41, 5.74) is 2.71. The molecule has 1 aliphatic carbocycles. The number of benzene rings is 2. The van der Waals surface area contributed by atoms with Crippen molar-refractivity contribution < 1.29 is 18.7 Å². The van der Waals surface area contributed by atoms with Gasteiger partial charge in [0.25, 0.3) is 0 Å². The monoisotopic (exact) mass is 438 g/mol. The van der Waals surface area contributed by atoms with Crippen molar-refractivity contribution in [1.82, 2.24) is 10.2 Å². The molecule has 1 saturated carbocycles. The van der Waals surface area contributed by atoms with Crippen molar-refractivity contribution in [1.29, 1.82) is 0 Å². The molecule has 2 aliphatic rings. The van der Waals surface area contributed by atoms with Crippen LogP contribution in [0.5, 0.6) is 5.75 Å². The lowest BCUT2D eigenvalue weighted by Gasteiger charge is -2.37. The number of aryl methyl sites for hydroxylation is 1. The van der Waals surface area contributed by atoms with E-state index in [0.717, 1.165) is 36.1 Å². The predicted molar refractivity (Wildman–Crippen MR) is 121 cm³/mol. The lowest BCUT2D eigenvalue weighted by atomic mass is 9.83. The molecule has 2 amide bonds. The topological polar surface area (TPSA) is 58.6 Å². The van der Waals surface area contributed by atoms with Crippen LogP contribution in [-0.2, 0) is 16.0 Å². The van der Waals surface area contributed by atoms with Gasteiger partial charge >= 0.3 is 0 Å². The van der Waals surface area contributed by atoms with Gasteiger partial charge < -0.3 is 15.0 Å². The second-order valence-corrected chi connectivity index (χ2v) is 9.04. The van der Waals surface area contributed by atoms with Gasteiger partial charge in [-0.05, 0) is 67.5 Å². The number of nitrogens with one attached hydrogen (secondary N) is 1. The third kappa shape index (κ3) is 5.29. The summed E-state index contributed by atoms with van der Waals surface area (Å²) in [5.74, 6) is 0.592. The van der Waals surface area contributed by atoms with Crippen LogP contribution in [0.25, 0.3) is 0 Å². The molecule has 2 atom stereocenters. The molecule has 0 radical (unpaired) electrons. The van der Waals surface area contributed by atoms with Crippen molar-refractivity contribution in [2.75, 3.05) is 26.7 Å². The molecule has 2 aromatic rings. The highest BCUT2D eigenvalue weighted by atomic mass is 19.1. The summed E-state index contributed by atoms with van der Waals surface area (Å²) in [7, 11) is 1.64. The van der Waals surface area contributed by atoms with Gasteiger partial charge in [-0.2, -0.15) is 0 Å². The number of hydrogen-bond acceptors (Lipinski definition) is 3. The molecule has 6 heteroatoms. The van der Waals surface area contributed by atoms with Gasteiger partial charge in [-0.1, -0.05) is 24.3 Å². The number of likely N-dealkylation sites (tertiary alicyclic amines) is 1. The largest absolute Gasteiger partial charge is 0.497 e. The Kier molecular flexibility index (Phi) is 6.77. The van der Waals surface area contributed by atoms with Crippen molar-refractivity contribution >= 4 is 11.8 Å². The number of amides is 2. The first-order valence-electron chi connectivity index (χ1n) is 11.4. The van der Waals surface area contributed by atoms with Gasteiger partial charge in [-0.25, -0.2) is 4.39 Å². The number of hydrogen-bond donors (Lipinski definition) is 1. The lowest BCUT2D eigenvalue weighted by Crippen LogP contribution is -2.48. The Balaban J connectivity index is 1.41. The molecule has 0 bridgehead atoms. The molecule has 2 aromatic carbocycles. The number of methoxy groups -OCH3 is 1. The standard InChI is InChI=1S/C26H31FN2O3/c1-17-13-20(7-10-24(17)27)21-14-22(16-29(15-21)26(31)19-5-6-19)25(30)28-12-11-18-3-8-23(32-2)9-4-18/h3-4,7-10,13,19,21-22H,5-6,11-12,14-16H2,1-2H3,(H,28,30). The number of carbonyl (C=O) groups is 2. The average molecular weight is 439 g/mol. The van der Waals surface area contributed by atoms with Crippen molar-refractivity contribution in [2.45, 2.75) is 38.5 Å². The van der Waals surface area contributed by atoms with Crippen LogP contribution in [0.3, 0.4) is 0 Å². The molecule has 1 aliphatic heterocycles. The molecule has 4 rings (SSSR count). The van der Waals surface area contributed by atoms with Crippen LogP contribution in [-0.4, -0.2) is 43.5 Å². The van der Waals surface area contributed by atoms with Crippen LogP contribution in [0.4, 0.5) is 4.39 Å². The second kappa shape index (κ2) is 9.72. The molecule has 1 heterocycles. The van der Waals surface area contributed by atoms with E-state index in [1.54, 1.807) is 20.1 Å². The predicted octanol–water partition coefficient (Wildman–Crippen LogP) is 3.84. The van der Waals surface area contributed by atoms with E-state index in [4.69, 9.17) is 4.74 Å². The van der Waals surface area contributed by atoms with E-state index < -0.39 is 0 Å². The van der Waals surface area contributed by atoms with Crippen LogP contribution in [0.15, 0.2) is 42.5 Å². The highest BCUT2D eigenvalue weighted by Crippen LogP contribution is 2.36. The number of piperidine rings is 1. The highest BCUT2D eigenvalue weighted by Gasteiger charge is 2.39. The van der Waals surface area contributed by atoms with Crippen LogP contribution >= 0.6 is 0 Å². The van der Waals surface area contributed by atoms with Gasteiger partial charge in [0.1, 0.15) is 11.6 Å². The summed E-state index contributed by atoms with van der Waals surface area (Å²) in [5, 5.41) is 3.06. The van der Waals surface area contributed by atoms with E-state index in [0.29, 0.717) is 31.6 Å². The third-order valence-electron chi connectivity index (χ3n) is 6.59. The molecule has 5 nitrogen and oxygen atoms in total. The van der Waals surface area contributed by atoms with Crippen LogP contribution in [0, 0.1) is 24.6 Å². The highest BCUT2D eigenvalue weighted by molar-refractivity contribution is 5.83. The first-order chi connectivity index (χ1) is 15.4. The Hall–Kier alpha value is -2.89. The van der Waals surface area contributed by atoms with Gasteiger partial charge in [0.05, 0.1) is 13.0 Å². The SMILES string of the molecule is COc1ccc(CCNC(=O)C2CC(c3ccc(F)c(C)c3)CN(C(=O)C3CC3)C2)cc1. The van der Waals surface area contributed by atoms with E-state index in [9.17, 15) is 14.0 Å². The molecule has 32 heavy (non-hydrogen) atoms. The number of rotatable bonds is 7. The molecule has 1 saturated heterocycles. The molecular formula is C26H31FN2O3. The van der Waals surface area contributed by atoms with E-state index in [1.165, 1.54) is 6.07 Å². The normalized spacial score (nSPS) is 20.7. The van der Waals surface area contributed by atoms with E-state index in [-0.39, 0.29) is 35.4 Å². The molecule has 170 valence electrons. The summed E-state index contributed by atoms with van der Waals surface area (Å²) < 4.78 is 19.0. The van der Waals surface area contributed by atoms with Gasteiger partial charge in [0.15, 0.2) is 0 Å². The van der Waals surface area contributed by atoms with E-state index in [1.807, 2.05) is 35.2 Å². The van der Waals surface area contributed by atoms with Crippen molar-refractivity contribution in [3.8, 4) is 5.75 Å². The third-order valence-corrected chi connectivity index (χ3v) is 6.59. The van der Waals surface area contributed by atoms with E-state index >= 15 is 0 Å². The number of ether oxygens (including phenoxy) is 1. The molecular weight excluding hydrogens is 407 g/mol. The van der Waals surface area contributed by atoms with Crippen molar-refractivity contribution in [3.05, 3.63) is 65.0 Å². The minimum absolute atomic E-state index is 0.0179. The molecule has 0 spiro atoms. The van der Waals surface area contributed by atoms with Gasteiger partial charge in [0, 0.05) is 31.5 Å².